The fourth-order valence-corrected chi connectivity index (χ4v) is 2.40. The van der Waals surface area contributed by atoms with Crippen molar-refractivity contribution in [3.63, 3.8) is 0 Å². The lowest BCUT2D eigenvalue weighted by atomic mass is 10.3. The molecule has 2 atom stereocenters. The molecule has 0 aromatic heterocycles. The van der Waals surface area contributed by atoms with E-state index in [1.807, 2.05) is 6.92 Å². The number of hydrogen-bond acceptors (Lipinski definition) is 4. The fourth-order valence-electron chi connectivity index (χ4n) is 2.40. The van der Waals surface area contributed by atoms with Crippen molar-refractivity contribution in [2.45, 2.75) is 25.6 Å². The molecule has 5 heteroatoms. The number of aliphatic hydroxyl groups is 1. The number of halogens is 1. The van der Waals surface area contributed by atoms with Gasteiger partial charge in [-0.05, 0) is 37.6 Å². The van der Waals surface area contributed by atoms with Gasteiger partial charge >= 0.3 is 0 Å². The van der Waals surface area contributed by atoms with E-state index in [4.69, 9.17) is 9.47 Å². The lowest BCUT2D eigenvalue weighted by Crippen LogP contribution is -2.27. The van der Waals surface area contributed by atoms with E-state index < -0.39 is 6.10 Å². The smallest absolute Gasteiger partial charge is 0.123 e. The Morgan fingerprint density at radius 1 is 1.30 bits per heavy atom. The second-order valence-electron chi connectivity index (χ2n) is 4.98. The van der Waals surface area contributed by atoms with E-state index in [9.17, 15) is 9.50 Å². The third-order valence-corrected chi connectivity index (χ3v) is 3.39. The average Bonchev–Trinajstić information content (AvgIpc) is 2.78. The summed E-state index contributed by atoms with van der Waals surface area (Å²) in [4.78, 5) is 2.18. The van der Waals surface area contributed by atoms with E-state index in [-0.39, 0.29) is 11.9 Å². The highest BCUT2D eigenvalue weighted by atomic mass is 19.1. The number of benzene rings is 1. The van der Waals surface area contributed by atoms with Crippen molar-refractivity contribution in [1.82, 2.24) is 4.90 Å². The van der Waals surface area contributed by atoms with Crippen LogP contribution in [0.25, 0.3) is 0 Å². The highest BCUT2D eigenvalue weighted by Gasteiger charge is 2.31. The van der Waals surface area contributed by atoms with Crippen molar-refractivity contribution >= 4 is 0 Å². The van der Waals surface area contributed by atoms with Crippen molar-refractivity contribution in [1.29, 1.82) is 0 Å². The summed E-state index contributed by atoms with van der Waals surface area (Å²) in [6.07, 6.45) is 0.397. The van der Waals surface area contributed by atoms with Gasteiger partial charge in [0.25, 0.3) is 0 Å². The molecule has 1 saturated heterocycles. The molecule has 1 heterocycles. The highest BCUT2D eigenvalue weighted by Crippen LogP contribution is 2.15. The van der Waals surface area contributed by atoms with Crippen LogP contribution in [0.4, 0.5) is 4.39 Å². The van der Waals surface area contributed by atoms with E-state index in [1.54, 1.807) is 12.1 Å². The van der Waals surface area contributed by atoms with Gasteiger partial charge in [0.15, 0.2) is 0 Å². The zero-order valence-electron chi connectivity index (χ0n) is 11.8. The Morgan fingerprint density at radius 3 is 2.75 bits per heavy atom. The van der Waals surface area contributed by atoms with Crippen molar-refractivity contribution in [2.24, 2.45) is 0 Å². The molecule has 1 aromatic rings. The molecule has 2 rings (SSSR count). The molecular formula is C15H22FNO3. The topological polar surface area (TPSA) is 41.9 Å². The number of aliphatic hydroxyl groups excluding tert-OH is 1. The minimum atomic E-state index is -0.395. The third kappa shape index (κ3) is 4.44. The number of rotatable bonds is 7. The van der Waals surface area contributed by atoms with Crippen LogP contribution in [0.3, 0.4) is 0 Å². The Morgan fingerprint density at radius 2 is 2.05 bits per heavy atom. The molecule has 0 radical (unpaired) electrons. The third-order valence-electron chi connectivity index (χ3n) is 3.39. The monoisotopic (exact) mass is 283 g/mol. The molecule has 1 aromatic carbocycles. The molecule has 0 amide bonds. The molecule has 1 aliphatic rings. The molecule has 0 spiro atoms. The number of β-amino-alcohol motifs (C(OH)–C–C–N with tert-alkyl or cyclic N) is 1. The normalized spacial score (nSPS) is 23.1. The van der Waals surface area contributed by atoms with Crippen LogP contribution in [0, 0.1) is 5.82 Å². The molecule has 20 heavy (non-hydrogen) atoms. The second kappa shape index (κ2) is 7.57. The molecule has 0 bridgehead atoms. The van der Waals surface area contributed by atoms with Gasteiger partial charge in [-0.2, -0.15) is 0 Å². The zero-order valence-corrected chi connectivity index (χ0v) is 11.8. The largest absolute Gasteiger partial charge is 0.494 e. The molecule has 0 aliphatic carbocycles. The number of nitrogens with zero attached hydrogens (tertiary/aromatic N) is 1. The summed E-state index contributed by atoms with van der Waals surface area (Å²) in [5.41, 5.74) is 0. The maximum Gasteiger partial charge on any atom is 0.123 e. The maximum atomic E-state index is 12.7. The predicted molar refractivity (Wildman–Crippen MR) is 74.4 cm³/mol. The van der Waals surface area contributed by atoms with Crippen LogP contribution < -0.4 is 4.74 Å². The molecule has 1 aliphatic heterocycles. The van der Waals surface area contributed by atoms with Crippen LogP contribution in [0.15, 0.2) is 24.3 Å². The summed E-state index contributed by atoms with van der Waals surface area (Å²) >= 11 is 0. The van der Waals surface area contributed by atoms with E-state index in [0.717, 1.165) is 19.5 Å². The Bertz CT molecular complexity index is 399. The van der Waals surface area contributed by atoms with Gasteiger partial charge in [0.1, 0.15) is 11.6 Å². The molecule has 1 N–H and O–H groups in total. The first-order valence-corrected chi connectivity index (χ1v) is 7.09. The Hall–Kier alpha value is -1.17. The number of ether oxygens (including phenoxy) is 2. The molecule has 1 fully saturated rings. The van der Waals surface area contributed by atoms with Gasteiger partial charge in [0.05, 0.1) is 18.8 Å². The van der Waals surface area contributed by atoms with Crippen LogP contribution in [0.5, 0.6) is 5.75 Å². The van der Waals surface area contributed by atoms with Gasteiger partial charge < -0.3 is 14.6 Å². The molecule has 0 saturated carbocycles. The summed E-state index contributed by atoms with van der Waals surface area (Å²) < 4.78 is 23.7. The highest BCUT2D eigenvalue weighted by molar-refractivity contribution is 5.21. The van der Waals surface area contributed by atoms with Gasteiger partial charge in [0, 0.05) is 26.2 Å². The summed E-state index contributed by atoms with van der Waals surface area (Å²) in [6.45, 7) is 5.43. The Labute approximate surface area is 119 Å². The number of hydrogen-bond donors (Lipinski definition) is 1. The summed E-state index contributed by atoms with van der Waals surface area (Å²) in [5.74, 6) is 0.422. The Kier molecular flexibility index (Phi) is 5.76. The van der Waals surface area contributed by atoms with Gasteiger partial charge in [-0.3, -0.25) is 4.90 Å². The van der Waals surface area contributed by atoms with Crippen molar-refractivity contribution in [2.75, 3.05) is 32.8 Å². The lowest BCUT2D eigenvalue weighted by molar-refractivity contribution is -0.00243. The molecule has 4 nitrogen and oxygen atoms in total. The van der Waals surface area contributed by atoms with Crippen molar-refractivity contribution in [3.8, 4) is 5.75 Å². The minimum Gasteiger partial charge on any atom is -0.494 e. The molecule has 112 valence electrons. The average molecular weight is 283 g/mol. The summed E-state index contributed by atoms with van der Waals surface area (Å²) in [7, 11) is 0. The first-order chi connectivity index (χ1) is 9.69. The van der Waals surface area contributed by atoms with E-state index in [2.05, 4.69) is 4.90 Å². The first kappa shape index (κ1) is 15.2. The predicted octanol–water partition coefficient (Wildman–Crippen LogP) is 1.68. The Balaban J connectivity index is 1.63. The van der Waals surface area contributed by atoms with Crippen LogP contribution >= 0.6 is 0 Å². The van der Waals surface area contributed by atoms with Crippen LogP contribution in [0.1, 0.15) is 13.3 Å². The molecule has 0 unspecified atom stereocenters. The van der Waals surface area contributed by atoms with E-state index >= 15 is 0 Å². The van der Waals surface area contributed by atoms with Gasteiger partial charge in [-0.1, -0.05) is 0 Å². The van der Waals surface area contributed by atoms with Gasteiger partial charge in [-0.25, -0.2) is 4.39 Å². The van der Waals surface area contributed by atoms with E-state index in [0.29, 0.717) is 25.5 Å². The van der Waals surface area contributed by atoms with Gasteiger partial charge in [-0.15, -0.1) is 0 Å². The maximum absolute atomic E-state index is 12.7. The zero-order chi connectivity index (χ0) is 14.4. The van der Waals surface area contributed by atoms with Crippen LogP contribution in [-0.4, -0.2) is 55.1 Å². The van der Waals surface area contributed by atoms with E-state index in [1.165, 1.54) is 12.1 Å². The number of likely N-dealkylation sites (tertiary alicyclic amines) is 1. The van der Waals surface area contributed by atoms with Crippen molar-refractivity contribution < 1.29 is 19.0 Å². The van der Waals surface area contributed by atoms with Crippen molar-refractivity contribution in [3.05, 3.63) is 30.1 Å². The standard InChI is InChI=1S/C15H22FNO3/c1-2-19-15-11-17(10-14(15)18)8-3-9-20-13-6-4-12(16)5-7-13/h4-7,14-15,18H,2-3,8-11H2,1H3/t14-,15-/m1/s1. The quantitative estimate of drug-likeness (QED) is 0.773. The fraction of sp³-hybridized carbons (Fsp3) is 0.600. The first-order valence-electron chi connectivity index (χ1n) is 7.09. The minimum absolute atomic E-state index is 0.0713. The van der Waals surface area contributed by atoms with Gasteiger partial charge in [0.2, 0.25) is 0 Å². The van der Waals surface area contributed by atoms with Crippen LogP contribution in [-0.2, 0) is 4.74 Å². The summed E-state index contributed by atoms with van der Waals surface area (Å²) in [6, 6.07) is 6.03. The second-order valence-corrected chi connectivity index (χ2v) is 4.98. The lowest BCUT2D eigenvalue weighted by Gasteiger charge is -2.15. The van der Waals surface area contributed by atoms with Crippen LogP contribution in [0.2, 0.25) is 0 Å². The summed E-state index contributed by atoms with van der Waals surface area (Å²) in [5, 5.41) is 9.82. The SMILES string of the molecule is CCO[C@@H]1CN(CCCOc2ccc(F)cc2)C[C@H]1O. The molecular weight excluding hydrogens is 261 g/mol.